The minimum atomic E-state index is -4.53. The zero-order chi connectivity index (χ0) is 31.6. The molecule has 234 valence electrons. The first-order valence-corrected chi connectivity index (χ1v) is 16.7. The molecule has 9 heteroatoms. The molecule has 0 spiro atoms. The molecule has 0 saturated heterocycles. The Morgan fingerprint density at radius 2 is 1.84 bits per heavy atom. The lowest BCUT2D eigenvalue weighted by Crippen LogP contribution is -2.36. The van der Waals surface area contributed by atoms with E-state index < -0.39 is 25.2 Å². The number of carbonyl (C=O) groups is 2. The summed E-state index contributed by atoms with van der Waals surface area (Å²) in [6.45, 7) is 13.3. The SMILES string of the molecule is C=C(C)[C@@H]1CCC(C)=C[C@H]1c1c(O)cc(CCCCC)cc1OP(=O)(N[C@@H](C)C(=O)OCc1ccccc1)C(=O)OCC. The van der Waals surface area contributed by atoms with Crippen molar-refractivity contribution in [2.45, 2.75) is 91.7 Å². The number of phenolic OH excluding ortho intramolecular Hbond substituents is 1. The molecule has 1 aliphatic carbocycles. The Morgan fingerprint density at radius 3 is 2.49 bits per heavy atom. The lowest BCUT2D eigenvalue weighted by molar-refractivity contribution is -0.146. The highest BCUT2D eigenvalue weighted by molar-refractivity contribution is 7.74. The lowest BCUT2D eigenvalue weighted by Gasteiger charge is -2.33. The first kappa shape index (κ1) is 34.1. The summed E-state index contributed by atoms with van der Waals surface area (Å²) in [5, 5.41) is 14.0. The predicted octanol–water partition coefficient (Wildman–Crippen LogP) is 8.59. The average Bonchev–Trinajstić information content (AvgIpc) is 2.96. The van der Waals surface area contributed by atoms with Gasteiger partial charge in [-0.1, -0.05) is 73.9 Å². The van der Waals surface area contributed by atoms with E-state index in [-0.39, 0.29) is 36.5 Å². The summed E-state index contributed by atoms with van der Waals surface area (Å²) in [7, 11) is -4.53. The van der Waals surface area contributed by atoms with Crippen LogP contribution in [0.25, 0.3) is 0 Å². The van der Waals surface area contributed by atoms with E-state index in [1.807, 2.05) is 44.2 Å². The van der Waals surface area contributed by atoms with Gasteiger partial charge in [0.25, 0.3) is 0 Å². The van der Waals surface area contributed by atoms with E-state index in [0.717, 1.165) is 54.4 Å². The van der Waals surface area contributed by atoms with Crippen molar-refractivity contribution in [2.75, 3.05) is 6.61 Å². The Kier molecular flexibility index (Phi) is 12.6. The number of benzene rings is 2. The van der Waals surface area contributed by atoms with Crippen molar-refractivity contribution < 1.29 is 33.3 Å². The highest BCUT2D eigenvalue weighted by Crippen LogP contribution is 2.52. The number of esters is 1. The number of nitrogens with one attached hydrogen (secondary N) is 1. The van der Waals surface area contributed by atoms with Crippen LogP contribution >= 0.6 is 7.52 Å². The van der Waals surface area contributed by atoms with Crippen molar-refractivity contribution in [2.24, 2.45) is 5.92 Å². The van der Waals surface area contributed by atoms with Gasteiger partial charge in [-0.05, 0) is 82.6 Å². The van der Waals surface area contributed by atoms with Gasteiger partial charge in [-0.2, -0.15) is 0 Å². The number of ether oxygens (including phenoxy) is 2. The molecule has 2 aromatic carbocycles. The molecule has 0 aliphatic heterocycles. The smallest absolute Gasteiger partial charge is 0.424 e. The highest BCUT2D eigenvalue weighted by atomic mass is 31.2. The highest BCUT2D eigenvalue weighted by Gasteiger charge is 2.42. The molecule has 0 fully saturated rings. The molecule has 0 saturated carbocycles. The van der Waals surface area contributed by atoms with Gasteiger partial charge in [-0.15, -0.1) is 0 Å². The topological polar surface area (TPSA) is 111 Å². The molecule has 1 aliphatic rings. The molecule has 4 atom stereocenters. The number of carbonyl (C=O) groups excluding carboxylic acids is 2. The number of rotatable bonds is 15. The normalized spacial score (nSPS) is 18.6. The third-order valence-electron chi connectivity index (χ3n) is 7.64. The van der Waals surface area contributed by atoms with Crippen LogP contribution in [0.2, 0.25) is 0 Å². The maximum atomic E-state index is 14.3. The fourth-order valence-corrected chi connectivity index (χ4v) is 6.91. The number of phenols is 1. The zero-order valence-electron chi connectivity index (χ0n) is 26.1. The number of hydrogen-bond donors (Lipinski definition) is 2. The van der Waals surface area contributed by atoms with Gasteiger partial charge < -0.3 is 19.1 Å². The summed E-state index contributed by atoms with van der Waals surface area (Å²) in [6, 6.07) is 11.5. The van der Waals surface area contributed by atoms with Crippen LogP contribution in [0.5, 0.6) is 11.5 Å². The van der Waals surface area contributed by atoms with Crippen LogP contribution in [0.15, 0.2) is 66.3 Å². The van der Waals surface area contributed by atoms with E-state index in [0.29, 0.717) is 12.0 Å². The van der Waals surface area contributed by atoms with Crippen molar-refractivity contribution >= 4 is 19.2 Å². The molecular formula is C34H46NO7P. The van der Waals surface area contributed by atoms with Gasteiger partial charge >= 0.3 is 19.2 Å². The summed E-state index contributed by atoms with van der Waals surface area (Å²) < 4.78 is 31.0. The van der Waals surface area contributed by atoms with Crippen molar-refractivity contribution in [1.82, 2.24) is 5.09 Å². The maximum absolute atomic E-state index is 14.3. The van der Waals surface area contributed by atoms with Crippen molar-refractivity contribution in [3.8, 4) is 11.5 Å². The first-order valence-electron chi connectivity index (χ1n) is 15.1. The van der Waals surface area contributed by atoms with Gasteiger partial charge in [0.1, 0.15) is 24.1 Å². The molecule has 2 aromatic rings. The molecule has 8 nitrogen and oxygen atoms in total. The molecule has 0 radical (unpaired) electrons. The molecule has 0 amide bonds. The van der Waals surface area contributed by atoms with E-state index >= 15 is 0 Å². The summed E-state index contributed by atoms with van der Waals surface area (Å²) >= 11 is 0. The minimum absolute atomic E-state index is 0.00285. The second-order valence-corrected chi connectivity index (χ2v) is 13.2. The minimum Gasteiger partial charge on any atom is -0.507 e. The lowest BCUT2D eigenvalue weighted by atomic mass is 9.73. The number of aromatic hydroxyl groups is 1. The van der Waals surface area contributed by atoms with Crippen molar-refractivity contribution in [3.63, 3.8) is 0 Å². The van der Waals surface area contributed by atoms with E-state index in [2.05, 4.69) is 24.7 Å². The Hall–Kier alpha value is -3.35. The van der Waals surface area contributed by atoms with Crippen LogP contribution in [0, 0.1) is 5.92 Å². The molecule has 43 heavy (non-hydrogen) atoms. The van der Waals surface area contributed by atoms with Crippen LogP contribution in [0.3, 0.4) is 0 Å². The molecule has 0 heterocycles. The number of unbranched alkanes of at least 4 members (excludes halogenated alkanes) is 2. The van der Waals surface area contributed by atoms with Crippen LogP contribution < -0.4 is 9.61 Å². The van der Waals surface area contributed by atoms with Crippen LogP contribution in [-0.2, 0) is 31.9 Å². The molecule has 3 rings (SSSR count). The summed E-state index contributed by atoms with van der Waals surface area (Å²) in [5.41, 5.74) is 2.99. The van der Waals surface area contributed by atoms with Gasteiger partial charge in [-0.25, -0.2) is 14.4 Å². The van der Waals surface area contributed by atoms with Crippen LogP contribution in [0.4, 0.5) is 4.79 Å². The first-order chi connectivity index (χ1) is 20.5. The Morgan fingerprint density at radius 1 is 1.12 bits per heavy atom. The van der Waals surface area contributed by atoms with Crippen LogP contribution in [-0.4, -0.2) is 29.4 Å². The van der Waals surface area contributed by atoms with E-state index in [1.54, 1.807) is 19.1 Å². The largest absolute Gasteiger partial charge is 0.507 e. The Balaban J connectivity index is 2.01. The fraction of sp³-hybridized carbons (Fsp3) is 0.471. The third-order valence-corrected chi connectivity index (χ3v) is 9.43. The number of aryl methyl sites for hydroxylation is 1. The Labute approximate surface area is 256 Å². The summed E-state index contributed by atoms with van der Waals surface area (Å²) in [6.07, 6.45) is 7.40. The number of hydrogen-bond acceptors (Lipinski definition) is 7. The second-order valence-electron chi connectivity index (χ2n) is 11.3. The maximum Gasteiger partial charge on any atom is 0.424 e. The standard InChI is InChI=1S/C34H46NO7P/c1-7-9-11-16-27-20-30(36)32(29-19-24(5)17-18-28(29)23(3)4)31(21-27)42-43(39,34(38)40-8-2)35-25(6)33(37)41-22-26-14-12-10-13-15-26/h10,12-15,19-21,25,28-29,36H,3,7-9,11,16-18,22H2,1-2,4-6H3,(H,35,39)/t25-,28-,29+,43?/m0/s1. The molecule has 0 aromatic heterocycles. The number of allylic oxidation sites excluding steroid dienone is 3. The van der Waals surface area contributed by atoms with Gasteiger partial charge in [0.15, 0.2) is 0 Å². The molecule has 2 N–H and O–H groups in total. The van der Waals surface area contributed by atoms with Gasteiger partial charge in [0, 0.05) is 11.5 Å². The van der Waals surface area contributed by atoms with Gasteiger partial charge in [-0.3, -0.25) is 4.79 Å². The monoisotopic (exact) mass is 611 g/mol. The molecular weight excluding hydrogens is 565 g/mol. The average molecular weight is 612 g/mol. The summed E-state index contributed by atoms with van der Waals surface area (Å²) in [4.78, 5) is 26.1. The van der Waals surface area contributed by atoms with Gasteiger partial charge in [0.2, 0.25) is 0 Å². The van der Waals surface area contributed by atoms with E-state index in [4.69, 9.17) is 14.0 Å². The van der Waals surface area contributed by atoms with E-state index in [9.17, 15) is 19.3 Å². The van der Waals surface area contributed by atoms with Gasteiger partial charge in [0.05, 0.1) is 6.61 Å². The summed E-state index contributed by atoms with van der Waals surface area (Å²) in [5.74, 6) is -0.902. The predicted molar refractivity (Wildman–Crippen MR) is 169 cm³/mol. The fourth-order valence-electron chi connectivity index (χ4n) is 5.33. The Bertz CT molecular complexity index is 1350. The quantitative estimate of drug-likeness (QED) is 0.0892. The molecule has 0 bridgehead atoms. The second kappa shape index (κ2) is 15.9. The van der Waals surface area contributed by atoms with Crippen molar-refractivity contribution in [3.05, 3.63) is 83.0 Å². The third kappa shape index (κ3) is 9.32. The van der Waals surface area contributed by atoms with E-state index in [1.165, 1.54) is 6.92 Å². The van der Waals surface area contributed by atoms with Crippen LogP contribution in [0.1, 0.15) is 89.3 Å². The van der Waals surface area contributed by atoms with Crippen molar-refractivity contribution in [1.29, 1.82) is 0 Å². The molecule has 1 unspecified atom stereocenters. The zero-order valence-corrected chi connectivity index (χ0v) is 27.0.